The van der Waals surface area contributed by atoms with Crippen molar-refractivity contribution in [2.24, 2.45) is 5.73 Å². The second-order valence-electron chi connectivity index (χ2n) is 5.62. The van der Waals surface area contributed by atoms with Crippen molar-refractivity contribution in [1.29, 1.82) is 0 Å². The van der Waals surface area contributed by atoms with Crippen LogP contribution >= 0.6 is 0 Å². The van der Waals surface area contributed by atoms with Gasteiger partial charge in [-0.1, -0.05) is 25.0 Å². The quantitative estimate of drug-likeness (QED) is 0.759. The molecule has 0 saturated heterocycles. The van der Waals surface area contributed by atoms with E-state index in [4.69, 9.17) is 10.5 Å². The third kappa shape index (κ3) is 4.43. The van der Waals surface area contributed by atoms with Crippen LogP contribution in [0.1, 0.15) is 38.5 Å². The van der Waals surface area contributed by atoms with E-state index in [1.54, 1.807) is 18.2 Å². The first-order valence-corrected chi connectivity index (χ1v) is 7.54. The zero-order chi connectivity index (χ0) is 15.1. The lowest BCUT2D eigenvalue weighted by atomic mass is 9.97. The number of amides is 1. The Morgan fingerprint density at radius 2 is 2.05 bits per heavy atom. The number of nitrogens with two attached hydrogens (primary N) is 1. The second kappa shape index (κ2) is 7.41. The summed E-state index contributed by atoms with van der Waals surface area (Å²) in [5.41, 5.74) is 5.58. The largest absolute Gasteiger partial charge is 0.491 e. The van der Waals surface area contributed by atoms with Crippen molar-refractivity contribution in [3.05, 3.63) is 30.1 Å². The lowest BCUT2D eigenvalue weighted by Crippen LogP contribution is -2.51. The first-order chi connectivity index (χ1) is 10.2. The number of hydrogen-bond acceptors (Lipinski definition) is 3. The Kier molecular flexibility index (Phi) is 5.56. The summed E-state index contributed by atoms with van der Waals surface area (Å²) in [5, 5.41) is 3.06. The van der Waals surface area contributed by atoms with Gasteiger partial charge in [-0.3, -0.25) is 4.79 Å². The first kappa shape index (κ1) is 15.8. The highest BCUT2D eigenvalue weighted by Gasteiger charge is 2.33. The molecule has 4 nitrogen and oxygen atoms in total. The van der Waals surface area contributed by atoms with Crippen LogP contribution in [0.4, 0.5) is 4.39 Å². The molecule has 1 fully saturated rings. The Hall–Kier alpha value is -1.62. The molecule has 21 heavy (non-hydrogen) atoms. The SMILES string of the molecule is NCC1(NC(=O)CCCOc2ccccc2F)CCCC1. The van der Waals surface area contributed by atoms with Gasteiger partial charge in [0.15, 0.2) is 11.6 Å². The summed E-state index contributed by atoms with van der Waals surface area (Å²) in [5.74, 6) is -0.151. The van der Waals surface area contributed by atoms with Crippen molar-refractivity contribution in [2.75, 3.05) is 13.2 Å². The molecule has 0 heterocycles. The predicted molar refractivity (Wildman–Crippen MR) is 79.5 cm³/mol. The van der Waals surface area contributed by atoms with Gasteiger partial charge in [0.25, 0.3) is 0 Å². The van der Waals surface area contributed by atoms with Gasteiger partial charge in [-0.2, -0.15) is 0 Å². The van der Waals surface area contributed by atoms with Gasteiger partial charge in [0.1, 0.15) is 0 Å². The summed E-state index contributed by atoms with van der Waals surface area (Å²) in [7, 11) is 0. The van der Waals surface area contributed by atoms with Gasteiger partial charge in [0.2, 0.25) is 5.91 Å². The molecule has 2 rings (SSSR count). The van der Waals surface area contributed by atoms with Crippen LogP contribution in [0.2, 0.25) is 0 Å². The van der Waals surface area contributed by atoms with E-state index < -0.39 is 0 Å². The molecule has 0 bridgehead atoms. The lowest BCUT2D eigenvalue weighted by molar-refractivity contribution is -0.123. The normalized spacial score (nSPS) is 16.7. The minimum Gasteiger partial charge on any atom is -0.491 e. The van der Waals surface area contributed by atoms with Gasteiger partial charge in [-0.15, -0.1) is 0 Å². The smallest absolute Gasteiger partial charge is 0.220 e. The summed E-state index contributed by atoms with van der Waals surface area (Å²) in [6, 6.07) is 6.27. The molecule has 116 valence electrons. The Bertz CT molecular complexity index is 473. The van der Waals surface area contributed by atoms with Crippen LogP contribution in [0.5, 0.6) is 5.75 Å². The van der Waals surface area contributed by atoms with E-state index in [1.165, 1.54) is 6.07 Å². The van der Waals surface area contributed by atoms with E-state index >= 15 is 0 Å². The number of rotatable bonds is 7. The van der Waals surface area contributed by atoms with Gasteiger partial charge in [-0.25, -0.2) is 4.39 Å². The average Bonchev–Trinajstić information content (AvgIpc) is 2.94. The van der Waals surface area contributed by atoms with Gasteiger partial charge in [0.05, 0.1) is 12.1 Å². The molecule has 5 heteroatoms. The highest BCUT2D eigenvalue weighted by atomic mass is 19.1. The molecule has 1 aliphatic rings. The van der Waals surface area contributed by atoms with Crippen LogP contribution in [0, 0.1) is 5.82 Å². The molecule has 1 aromatic rings. The molecule has 0 atom stereocenters. The number of para-hydroxylation sites is 1. The molecule has 0 aliphatic heterocycles. The summed E-state index contributed by atoms with van der Waals surface area (Å²) >= 11 is 0. The highest BCUT2D eigenvalue weighted by molar-refractivity contribution is 5.76. The fourth-order valence-corrected chi connectivity index (χ4v) is 2.77. The van der Waals surface area contributed by atoms with Gasteiger partial charge in [-0.05, 0) is 31.4 Å². The van der Waals surface area contributed by atoms with Crippen molar-refractivity contribution in [3.8, 4) is 5.75 Å². The topological polar surface area (TPSA) is 64.3 Å². The van der Waals surface area contributed by atoms with E-state index in [0.717, 1.165) is 25.7 Å². The molecule has 1 aromatic carbocycles. The van der Waals surface area contributed by atoms with Crippen LogP contribution in [-0.2, 0) is 4.79 Å². The number of halogens is 1. The van der Waals surface area contributed by atoms with Gasteiger partial charge in [0, 0.05) is 13.0 Å². The second-order valence-corrected chi connectivity index (χ2v) is 5.62. The Morgan fingerprint density at radius 3 is 2.71 bits per heavy atom. The van der Waals surface area contributed by atoms with Crippen molar-refractivity contribution < 1.29 is 13.9 Å². The average molecular weight is 294 g/mol. The lowest BCUT2D eigenvalue weighted by Gasteiger charge is -2.28. The Morgan fingerprint density at radius 1 is 1.33 bits per heavy atom. The number of carbonyl (C=O) groups excluding carboxylic acids is 1. The maximum Gasteiger partial charge on any atom is 0.220 e. The van der Waals surface area contributed by atoms with E-state index in [1.807, 2.05) is 0 Å². The molecule has 0 spiro atoms. The zero-order valence-corrected chi connectivity index (χ0v) is 12.2. The minimum absolute atomic E-state index is 0.000478. The Balaban J connectivity index is 1.69. The molecular formula is C16H23FN2O2. The molecule has 0 radical (unpaired) electrons. The number of ether oxygens (including phenoxy) is 1. The van der Waals surface area contributed by atoms with Crippen LogP contribution in [-0.4, -0.2) is 24.6 Å². The van der Waals surface area contributed by atoms with Crippen molar-refractivity contribution in [1.82, 2.24) is 5.32 Å². The number of carbonyl (C=O) groups is 1. The molecule has 0 aromatic heterocycles. The minimum atomic E-state index is -0.380. The first-order valence-electron chi connectivity index (χ1n) is 7.54. The van der Waals surface area contributed by atoms with Crippen LogP contribution < -0.4 is 15.8 Å². The van der Waals surface area contributed by atoms with E-state index in [-0.39, 0.29) is 23.0 Å². The standard InChI is InChI=1S/C16H23FN2O2/c17-13-6-1-2-7-14(13)21-11-5-8-15(20)19-16(12-18)9-3-4-10-16/h1-2,6-7H,3-5,8-12,18H2,(H,19,20). The maximum absolute atomic E-state index is 13.3. The van der Waals surface area contributed by atoms with Gasteiger partial charge < -0.3 is 15.8 Å². The van der Waals surface area contributed by atoms with Crippen molar-refractivity contribution in [3.63, 3.8) is 0 Å². The number of benzene rings is 1. The van der Waals surface area contributed by atoms with Crippen LogP contribution in [0.25, 0.3) is 0 Å². The Labute approximate surface area is 124 Å². The highest BCUT2D eigenvalue weighted by Crippen LogP contribution is 2.28. The molecule has 0 unspecified atom stereocenters. The third-order valence-electron chi connectivity index (χ3n) is 4.00. The maximum atomic E-state index is 13.3. The summed E-state index contributed by atoms with van der Waals surface area (Å²) in [6.07, 6.45) is 5.08. The summed E-state index contributed by atoms with van der Waals surface area (Å²) in [6.45, 7) is 0.814. The predicted octanol–water partition coefficient (Wildman–Crippen LogP) is 2.37. The zero-order valence-electron chi connectivity index (χ0n) is 12.2. The summed E-state index contributed by atoms with van der Waals surface area (Å²) in [4.78, 5) is 11.9. The molecule has 1 amide bonds. The van der Waals surface area contributed by atoms with Crippen LogP contribution in [0.15, 0.2) is 24.3 Å². The van der Waals surface area contributed by atoms with Crippen molar-refractivity contribution in [2.45, 2.75) is 44.1 Å². The van der Waals surface area contributed by atoms with E-state index in [2.05, 4.69) is 5.32 Å². The molecule has 1 aliphatic carbocycles. The van der Waals surface area contributed by atoms with E-state index in [9.17, 15) is 9.18 Å². The van der Waals surface area contributed by atoms with Crippen molar-refractivity contribution >= 4 is 5.91 Å². The molecular weight excluding hydrogens is 271 g/mol. The summed E-state index contributed by atoms with van der Waals surface area (Å²) < 4.78 is 18.7. The number of nitrogens with one attached hydrogen (secondary N) is 1. The van der Waals surface area contributed by atoms with Gasteiger partial charge >= 0.3 is 0 Å². The van der Waals surface area contributed by atoms with E-state index in [0.29, 0.717) is 26.0 Å². The fraction of sp³-hybridized carbons (Fsp3) is 0.562. The third-order valence-corrected chi connectivity index (χ3v) is 4.00. The monoisotopic (exact) mass is 294 g/mol. The number of hydrogen-bond donors (Lipinski definition) is 2. The molecule has 1 saturated carbocycles. The van der Waals surface area contributed by atoms with Crippen LogP contribution in [0.3, 0.4) is 0 Å². The fourth-order valence-electron chi connectivity index (χ4n) is 2.77. The molecule has 3 N–H and O–H groups in total.